The first-order valence-corrected chi connectivity index (χ1v) is 7.31. The van der Waals surface area contributed by atoms with Gasteiger partial charge in [-0.3, -0.25) is 5.10 Å². The van der Waals surface area contributed by atoms with Gasteiger partial charge in [0.2, 0.25) is 5.16 Å². The Morgan fingerprint density at radius 2 is 2.06 bits per heavy atom. The fourth-order valence-corrected chi connectivity index (χ4v) is 3.43. The van der Waals surface area contributed by atoms with Crippen molar-refractivity contribution in [2.75, 3.05) is 0 Å². The first kappa shape index (κ1) is 11.7. The van der Waals surface area contributed by atoms with Gasteiger partial charge in [0.25, 0.3) is 0 Å². The smallest absolute Gasteiger partial charge is 0.215 e. The third-order valence-corrected chi connectivity index (χ3v) is 4.44. The molecule has 92 valence electrons. The molecule has 0 bridgehead atoms. The Morgan fingerprint density at radius 1 is 1.22 bits per heavy atom. The van der Waals surface area contributed by atoms with E-state index in [4.69, 9.17) is 0 Å². The monoisotopic (exact) mass is 276 g/mol. The minimum atomic E-state index is 0.363. The second kappa shape index (κ2) is 4.70. The number of H-pyrrole nitrogens is 1. The molecule has 2 heterocycles. The zero-order chi connectivity index (χ0) is 12.5. The van der Waals surface area contributed by atoms with Crippen LogP contribution in [0, 0.1) is 0 Å². The quantitative estimate of drug-likeness (QED) is 0.792. The number of fused-ring (bicyclic) bond motifs is 1. The Morgan fingerprint density at radius 3 is 2.78 bits per heavy atom. The molecule has 0 aliphatic rings. The SMILES string of the molecule is CC(C)c1nc(Sc2nc3ccccc3s2)n[nH]1. The summed E-state index contributed by atoms with van der Waals surface area (Å²) in [5.74, 6) is 1.28. The summed E-state index contributed by atoms with van der Waals surface area (Å²) < 4.78 is 2.17. The summed E-state index contributed by atoms with van der Waals surface area (Å²) >= 11 is 3.17. The van der Waals surface area contributed by atoms with Gasteiger partial charge in [-0.15, -0.1) is 16.4 Å². The van der Waals surface area contributed by atoms with E-state index in [1.807, 2.05) is 18.2 Å². The number of rotatable bonds is 3. The summed E-state index contributed by atoms with van der Waals surface area (Å²) in [6.07, 6.45) is 0. The summed E-state index contributed by atoms with van der Waals surface area (Å²) in [7, 11) is 0. The van der Waals surface area contributed by atoms with Gasteiger partial charge in [-0.2, -0.15) is 0 Å². The zero-order valence-electron chi connectivity index (χ0n) is 10.0. The molecule has 2 aromatic heterocycles. The normalized spacial score (nSPS) is 11.5. The summed E-state index contributed by atoms with van der Waals surface area (Å²) in [5.41, 5.74) is 1.03. The van der Waals surface area contributed by atoms with Gasteiger partial charge in [0, 0.05) is 5.92 Å². The van der Waals surface area contributed by atoms with Crippen molar-refractivity contribution in [1.82, 2.24) is 20.2 Å². The van der Waals surface area contributed by atoms with Crippen LogP contribution in [-0.4, -0.2) is 20.2 Å². The van der Waals surface area contributed by atoms with Crippen LogP contribution in [0.2, 0.25) is 0 Å². The maximum atomic E-state index is 4.55. The average Bonchev–Trinajstić information content (AvgIpc) is 2.94. The maximum Gasteiger partial charge on any atom is 0.215 e. The van der Waals surface area contributed by atoms with Crippen LogP contribution in [0.15, 0.2) is 33.8 Å². The van der Waals surface area contributed by atoms with Crippen LogP contribution in [0.1, 0.15) is 25.6 Å². The molecular formula is C12H12N4S2. The predicted octanol–water partition coefficient (Wildman–Crippen LogP) is 3.69. The van der Waals surface area contributed by atoms with Crippen molar-refractivity contribution in [2.45, 2.75) is 29.3 Å². The Labute approximate surface area is 113 Å². The lowest BCUT2D eigenvalue weighted by Crippen LogP contribution is -1.89. The predicted molar refractivity (Wildman–Crippen MR) is 74.2 cm³/mol. The van der Waals surface area contributed by atoms with E-state index < -0.39 is 0 Å². The van der Waals surface area contributed by atoms with Gasteiger partial charge in [0.15, 0.2) is 4.34 Å². The summed E-state index contributed by atoms with van der Waals surface area (Å²) in [6, 6.07) is 8.13. The molecule has 0 spiro atoms. The van der Waals surface area contributed by atoms with Crippen LogP contribution in [-0.2, 0) is 0 Å². The molecule has 0 fully saturated rings. The van der Waals surface area contributed by atoms with Crippen LogP contribution in [0.3, 0.4) is 0 Å². The number of para-hydroxylation sites is 1. The molecule has 0 amide bonds. The van der Waals surface area contributed by atoms with Crippen LogP contribution < -0.4 is 0 Å². The fourth-order valence-electron chi connectivity index (χ4n) is 1.53. The highest BCUT2D eigenvalue weighted by atomic mass is 32.2. The number of nitrogens with one attached hydrogen (secondary N) is 1. The van der Waals surface area contributed by atoms with Gasteiger partial charge in [0.05, 0.1) is 10.2 Å². The van der Waals surface area contributed by atoms with Crippen molar-refractivity contribution in [2.24, 2.45) is 0 Å². The van der Waals surface area contributed by atoms with E-state index in [0.717, 1.165) is 20.8 Å². The number of thiazole rings is 1. The van der Waals surface area contributed by atoms with E-state index in [-0.39, 0.29) is 0 Å². The first-order valence-electron chi connectivity index (χ1n) is 5.68. The van der Waals surface area contributed by atoms with E-state index in [9.17, 15) is 0 Å². The maximum absolute atomic E-state index is 4.55. The number of aromatic nitrogens is 4. The van der Waals surface area contributed by atoms with Gasteiger partial charge in [-0.25, -0.2) is 9.97 Å². The van der Waals surface area contributed by atoms with Crippen molar-refractivity contribution >= 4 is 33.3 Å². The number of hydrogen-bond acceptors (Lipinski definition) is 5. The lowest BCUT2D eigenvalue weighted by molar-refractivity contribution is 0.780. The summed E-state index contributed by atoms with van der Waals surface area (Å²) in [4.78, 5) is 8.99. The van der Waals surface area contributed by atoms with E-state index in [2.05, 4.69) is 40.1 Å². The molecule has 6 heteroatoms. The average molecular weight is 276 g/mol. The number of nitrogens with zero attached hydrogens (tertiary/aromatic N) is 3. The van der Waals surface area contributed by atoms with Crippen molar-refractivity contribution in [3.63, 3.8) is 0 Å². The molecule has 18 heavy (non-hydrogen) atoms. The molecule has 1 aromatic carbocycles. The highest BCUT2D eigenvalue weighted by Crippen LogP contribution is 2.32. The van der Waals surface area contributed by atoms with Crippen molar-refractivity contribution in [3.8, 4) is 0 Å². The van der Waals surface area contributed by atoms with Gasteiger partial charge >= 0.3 is 0 Å². The van der Waals surface area contributed by atoms with Gasteiger partial charge < -0.3 is 0 Å². The molecule has 0 radical (unpaired) electrons. The standard InChI is InChI=1S/C12H12N4S2/c1-7(2)10-14-11(16-15-10)18-12-13-8-5-3-4-6-9(8)17-12/h3-7H,1-2H3,(H,14,15,16). The molecular weight excluding hydrogens is 264 g/mol. The molecule has 4 nitrogen and oxygen atoms in total. The fraction of sp³-hybridized carbons (Fsp3) is 0.250. The minimum absolute atomic E-state index is 0.363. The Kier molecular flexibility index (Phi) is 3.05. The summed E-state index contributed by atoms with van der Waals surface area (Å²) in [6.45, 7) is 4.18. The van der Waals surface area contributed by atoms with Gasteiger partial charge in [-0.05, 0) is 23.9 Å². The molecule has 1 N–H and O–H groups in total. The molecule has 3 aromatic rings. The van der Waals surface area contributed by atoms with Crippen LogP contribution in [0.25, 0.3) is 10.2 Å². The minimum Gasteiger partial charge on any atom is -0.262 e. The van der Waals surface area contributed by atoms with Crippen molar-refractivity contribution < 1.29 is 0 Å². The number of hydrogen-bond donors (Lipinski definition) is 1. The van der Waals surface area contributed by atoms with Crippen molar-refractivity contribution in [3.05, 3.63) is 30.1 Å². The number of benzene rings is 1. The van der Waals surface area contributed by atoms with Gasteiger partial charge in [0.1, 0.15) is 5.82 Å². The highest BCUT2D eigenvalue weighted by molar-refractivity contribution is 8.01. The number of aromatic amines is 1. The van der Waals surface area contributed by atoms with E-state index >= 15 is 0 Å². The first-order chi connectivity index (χ1) is 8.72. The molecule has 0 aliphatic heterocycles. The Bertz CT molecular complexity index is 638. The summed E-state index contributed by atoms with van der Waals surface area (Å²) in [5, 5.41) is 7.88. The molecule has 0 saturated carbocycles. The lowest BCUT2D eigenvalue weighted by Gasteiger charge is -1.94. The third-order valence-electron chi connectivity index (χ3n) is 2.48. The van der Waals surface area contributed by atoms with Gasteiger partial charge in [-0.1, -0.05) is 26.0 Å². The van der Waals surface area contributed by atoms with E-state index in [1.165, 1.54) is 16.5 Å². The Balaban J connectivity index is 1.86. The molecule has 3 rings (SSSR count). The van der Waals surface area contributed by atoms with Crippen LogP contribution in [0.5, 0.6) is 0 Å². The molecule has 0 atom stereocenters. The second-order valence-corrected chi connectivity index (χ2v) is 6.45. The highest BCUT2D eigenvalue weighted by Gasteiger charge is 2.10. The molecule has 0 unspecified atom stereocenters. The molecule has 0 saturated heterocycles. The van der Waals surface area contributed by atoms with E-state index in [1.54, 1.807) is 11.3 Å². The third kappa shape index (κ3) is 2.26. The van der Waals surface area contributed by atoms with Crippen molar-refractivity contribution in [1.29, 1.82) is 0 Å². The topological polar surface area (TPSA) is 54.5 Å². The van der Waals surface area contributed by atoms with Crippen LogP contribution in [0.4, 0.5) is 0 Å². The molecule has 0 aliphatic carbocycles. The second-order valence-electron chi connectivity index (χ2n) is 4.21. The largest absolute Gasteiger partial charge is 0.262 e. The lowest BCUT2D eigenvalue weighted by atomic mass is 10.2. The van der Waals surface area contributed by atoms with Crippen LogP contribution >= 0.6 is 23.1 Å². The van der Waals surface area contributed by atoms with E-state index in [0.29, 0.717) is 5.92 Å². The zero-order valence-corrected chi connectivity index (χ0v) is 11.7. The Hall–Kier alpha value is -1.40.